The first-order chi connectivity index (χ1) is 6.79. The van der Waals surface area contributed by atoms with Gasteiger partial charge in [-0.1, -0.05) is 0 Å². The first kappa shape index (κ1) is 11.7. The monoisotopic (exact) mass is 216 g/mol. The van der Waals surface area contributed by atoms with Crippen LogP contribution in [0.25, 0.3) is 0 Å². The Labute approximate surface area is 88.6 Å². The molecule has 0 atom stereocenters. The predicted molar refractivity (Wildman–Crippen MR) is 56.3 cm³/mol. The number of ether oxygens (including phenoxy) is 3. The van der Waals surface area contributed by atoms with Gasteiger partial charge in [0.1, 0.15) is 0 Å². The van der Waals surface area contributed by atoms with E-state index in [1.807, 2.05) is 30.7 Å². The zero-order valence-corrected chi connectivity index (χ0v) is 9.60. The zero-order valence-electron chi connectivity index (χ0n) is 8.78. The van der Waals surface area contributed by atoms with Crippen molar-refractivity contribution in [3.63, 3.8) is 0 Å². The van der Waals surface area contributed by atoms with E-state index in [0.717, 1.165) is 5.56 Å². The van der Waals surface area contributed by atoms with Gasteiger partial charge in [-0.25, -0.2) is 0 Å². The van der Waals surface area contributed by atoms with Gasteiger partial charge in [0.2, 0.25) is 0 Å². The SMILES string of the molecule is CCOC(OC)(OCC)c1ccsc1. The largest absolute Gasteiger partial charge is 0.327 e. The molecule has 3 nitrogen and oxygen atoms in total. The quantitative estimate of drug-likeness (QED) is 0.684. The molecule has 0 saturated heterocycles. The molecule has 1 aromatic heterocycles. The maximum absolute atomic E-state index is 5.53. The van der Waals surface area contributed by atoms with Crippen LogP contribution in [-0.4, -0.2) is 20.3 Å². The fourth-order valence-corrected chi connectivity index (χ4v) is 1.94. The second-order valence-corrected chi connectivity index (χ2v) is 3.42. The molecule has 0 aliphatic heterocycles. The molecule has 0 unspecified atom stereocenters. The van der Waals surface area contributed by atoms with Crippen molar-refractivity contribution in [3.8, 4) is 0 Å². The van der Waals surface area contributed by atoms with Crippen molar-refractivity contribution in [2.24, 2.45) is 0 Å². The van der Waals surface area contributed by atoms with E-state index >= 15 is 0 Å². The van der Waals surface area contributed by atoms with E-state index in [0.29, 0.717) is 13.2 Å². The summed E-state index contributed by atoms with van der Waals surface area (Å²) in [7, 11) is 1.59. The van der Waals surface area contributed by atoms with Crippen molar-refractivity contribution in [3.05, 3.63) is 22.4 Å². The molecule has 0 aliphatic rings. The number of hydrogen-bond donors (Lipinski definition) is 0. The van der Waals surface area contributed by atoms with E-state index in [-0.39, 0.29) is 0 Å². The van der Waals surface area contributed by atoms with Crippen molar-refractivity contribution in [1.29, 1.82) is 0 Å². The van der Waals surface area contributed by atoms with Gasteiger partial charge in [-0.05, 0) is 25.3 Å². The van der Waals surface area contributed by atoms with E-state index < -0.39 is 5.97 Å². The molecular formula is C10H16O3S. The Morgan fingerprint density at radius 1 is 1.29 bits per heavy atom. The zero-order chi connectivity index (χ0) is 10.4. The third-order valence-corrected chi connectivity index (χ3v) is 2.50. The minimum atomic E-state index is -1.02. The fourth-order valence-electron chi connectivity index (χ4n) is 1.26. The van der Waals surface area contributed by atoms with Crippen molar-refractivity contribution < 1.29 is 14.2 Å². The van der Waals surface area contributed by atoms with Crippen LogP contribution in [-0.2, 0) is 20.2 Å². The highest BCUT2D eigenvalue weighted by Crippen LogP contribution is 2.29. The molecule has 0 spiro atoms. The fraction of sp³-hybridized carbons (Fsp3) is 0.600. The predicted octanol–water partition coefficient (Wildman–Crippen LogP) is 2.58. The molecule has 0 aliphatic carbocycles. The van der Waals surface area contributed by atoms with Crippen LogP contribution in [0, 0.1) is 0 Å². The number of methoxy groups -OCH3 is 1. The maximum atomic E-state index is 5.53. The highest BCUT2D eigenvalue weighted by atomic mass is 32.1. The van der Waals surface area contributed by atoms with Gasteiger partial charge in [0.15, 0.2) is 0 Å². The van der Waals surface area contributed by atoms with Crippen LogP contribution in [0.4, 0.5) is 0 Å². The number of thiophene rings is 1. The molecule has 4 heteroatoms. The number of rotatable bonds is 6. The molecule has 0 radical (unpaired) electrons. The van der Waals surface area contributed by atoms with Crippen LogP contribution in [0.5, 0.6) is 0 Å². The summed E-state index contributed by atoms with van der Waals surface area (Å²) in [5.74, 6) is -1.02. The molecule has 0 bridgehead atoms. The van der Waals surface area contributed by atoms with Crippen LogP contribution >= 0.6 is 11.3 Å². The van der Waals surface area contributed by atoms with Gasteiger partial charge in [-0.15, -0.1) is 0 Å². The van der Waals surface area contributed by atoms with Gasteiger partial charge in [-0.3, -0.25) is 0 Å². The molecule has 0 fully saturated rings. The minimum absolute atomic E-state index is 0.545. The molecule has 1 rings (SSSR count). The van der Waals surface area contributed by atoms with Crippen LogP contribution in [0.1, 0.15) is 19.4 Å². The van der Waals surface area contributed by atoms with Crippen molar-refractivity contribution >= 4 is 11.3 Å². The Morgan fingerprint density at radius 3 is 2.29 bits per heavy atom. The van der Waals surface area contributed by atoms with E-state index in [2.05, 4.69) is 0 Å². The summed E-state index contributed by atoms with van der Waals surface area (Å²) in [6.45, 7) is 4.92. The molecule has 14 heavy (non-hydrogen) atoms. The lowest BCUT2D eigenvalue weighted by atomic mass is 10.3. The Kier molecular flexibility index (Phi) is 4.54. The first-order valence-corrected chi connectivity index (χ1v) is 5.59. The normalized spacial score (nSPS) is 11.9. The maximum Gasteiger partial charge on any atom is 0.312 e. The second kappa shape index (κ2) is 5.46. The summed E-state index contributed by atoms with van der Waals surface area (Å²) in [6.07, 6.45) is 0. The van der Waals surface area contributed by atoms with E-state index in [1.165, 1.54) is 0 Å². The van der Waals surface area contributed by atoms with Crippen LogP contribution in [0.3, 0.4) is 0 Å². The van der Waals surface area contributed by atoms with Crippen LogP contribution in [0.2, 0.25) is 0 Å². The van der Waals surface area contributed by atoms with Crippen LogP contribution < -0.4 is 0 Å². The molecule has 80 valence electrons. The Balaban J connectivity index is 2.88. The third kappa shape index (κ3) is 2.33. The highest BCUT2D eigenvalue weighted by Gasteiger charge is 2.34. The molecular weight excluding hydrogens is 200 g/mol. The van der Waals surface area contributed by atoms with E-state index in [4.69, 9.17) is 14.2 Å². The van der Waals surface area contributed by atoms with Crippen molar-refractivity contribution in [2.45, 2.75) is 19.8 Å². The summed E-state index contributed by atoms with van der Waals surface area (Å²) in [5, 5.41) is 3.94. The van der Waals surface area contributed by atoms with Gasteiger partial charge >= 0.3 is 5.97 Å². The lowest BCUT2D eigenvalue weighted by Crippen LogP contribution is -2.35. The highest BCUT2D eigenvalue weighted by molar-refractivity contribution is 7.07. The lowest BCUT2D eigenvalue weighted by molar-refractivity contribution is -0.381. The standard InChI is InChI=1S/C10H16O3S/c1-4-12-10(11-3,13-5-2)9-6-7-14-8-9/h6-8H,4-5H2,1-3H3. The van der Waals surface area contributed by atoms with Gasteiger partial charge in [-0.2, -0.15) is 11.3 Å². The van der Waals surface area contributed by atoms with Gasteiger partial charge in [0.25, 0.3) is 0 Å². The van der Waals surface area contributed by atoms with Gasteiger partial charge < -0.3 is 14.2 Å². The topological polar surface area (TPSA) is 27.7 Å². The molecule has 1 heterocycles. The summed E-state index contributed by atoms with van der Waals surface area (Å²) in [6, 6.07) is 1.94. The average Bonchev–Trinajstić information content (AvgIpc) is 2.70. The second-order valence-electron chi connectivity index (χ2n) is 2.64. The van der Waals surface area contributed by atoms with Crippen molar-refractivity contribution in [1.82, 2.24) is 0 Å². The Bertz CT molecular complexity index is 240. The molecule has 0 amide bonds. The van der Waals surface area contributed by atoms with Gasteiger partial charge in [0, 0.05) is 25.7 Å². The summed E-state index contributed by atoms with van der Waals surface area (Å²) >= 11 is 1.59. The summed E-state index contributed by atoms with van der Waals surface area (Å²) in [4.78, 5) is 0. The summed E-state index contributed by atoms with van der Waals surface area (Å²) < 4.78 is 16.4. The molecule has 1 aromatic rings. The first-order valence-electron chi connectivity index (χ1n) is 4.64. The molecule has 0 aromatic carbocycles. The van der Waals surface area contributed by atoms with E-state index in [1.54, 1.807) is 18.4 Å². The third-order valence-electron chi connectivity index (χ3n) is 1.81. The van der Waals surface area contributed by atoms with Gasteiger partial charge in [0.05, 0.1) is 5.56 Å². The van der Waals surface area contributed by atoms with Crippen LogP contribution in [0.15, 0.2) is 16.8 Å². The molecule has 0 N–H and O–H groups in total. The number of hydrogen-bond acceptors (Lipinski definition) is 4. The van der Waals surface area contributed by atoms with Crippen molar-refractivity contribution in [2.75, 3.05) is 20.3 Å². The smallest absolute Gasteiger partial charge is 0.312 e. The minimum Gasteiger partial charge on any atom is -0.327 e. The lowest BCUT2D eigenvalue weighted by Gasteiger charge is -2.30. The molecule has 0 saturated carbocycles. The van der Waals surface area contributed by atoms with E-state index in [9.17, 15) is 0 Å². The Morgan fingerprint density at radius 2 is 1.93 bits per heavy atom. The Hall–Kier alpha value is -0.420. The average molecular weight is 216 g/mol. The summed E-state index contributed by atoms with van der Waals surface area (Å²) in [5.41, 5.74) is 0.911.